The Labute approximate surface area is 114 Å². The molecule has 0 amide bonds. The number of methoxy groups -OCH3 is 1. The fraction of sp³-hybridized carbons (Fsp3) is 0.571. The lowest BCUT2D eigenvalue weighted by Gasteiger charge is -2.28. The molecule has 1 unspecified atom stereocenters. The van der Waals surface area contributed by atoms with Gasteiger partial charge in [-0.25, -0.2) is 0 Å². The lowest BCUT2D eigenvalue weighted by Crippen LogP contribution is -2.46. The van der Waals surface area contributed by atoms with Crippen molar-refractivity contribution >= 4 is 11.8 Å². The summed E-state index contributed by atoms with van der Waals surface area (Å²) in [5.74, 6) is 1.86. The molecule has 0 saturated heterocycles. The SMILES string of the molecule is CCNC(C)(CO)CCSc1ccc(OC)cc1. The molecule has 0 aliphatic heterocycles. The van der Waals surface area contributed by atoms with Crippen molar-refractivity contribution in [2.45, 2.75) is 30.7 Å². The van der Waals surface area contributed by atoms with Crippen LogP contribution in [0.25, 0.3) is 0 Å². The maximum Gasteiger partial charge on any atom is 0.118 e. The zero-order chi connectivity index (χ0) is 13.4. The normalized spacial score (nSPS) is 14.2. The van der Waals surface area contributed by atoms with Crippen molar-refractivity contribution in [1.29, 1.82) is 0 Å². The van der Waals surface area contributed by atoms with Crippen molar-refractivity contribution in [3.8, 4) is 5.75 Å². The molecule has 1 aromatic carbocycles. The van der Waals surface area contributed by atoms with Gasteiger partial charge in [-0.1, -0.05) is 6.92 Å². The number of aliphatic hydroxyl groups excluding tert-OH is 1. The van der Waals surface area contributed by atoms with Gasteiger partial charge in [-0.15, -0.1) is 11.8 Å². The van der Waals surface area contributed by atoms with Crippen molar-refractivity contribution in [3.05, 3.63) is 24.3 Å². The minimum absolute atomic E-state index is 0.171. The van der Waals surface area contributed by atoms with Gasteiger partial charge in [0.2, 0.25) is 0 Å². The predicted octanol–water partition coefficient (Wildman–Crippen LogP) is 2.54. The number of hydrogen-bond donors (Lipinski definition) is 2. The number of aliphatic hydroxyl groups is 1. The second kappa shape index (κ2) is 7.67. The van der Waals surface area contributed by atoms with Crippen LogP contribution in [0.3, 0.4) is 0 Å². The topological polar surface area (TPSA) is 41.5 Å². The van der Waals surface area contributed by atoms with Gasteiger partial charge in [-0.3, -0.25) is 0 Å². The monoisotopic (exact) mass is 269 g/mol. The molecule has 18 heavy (non-hydrogen) atoms. The van der Waals surface area contributed by atoms with Gasteiger partial charge in [-0.05, 0) is 49.9 Å². The molecule has 0 fully saturated rings. The van der Waals surface area contributed by atoms with Crippen LogP contribution in [0.5, 0.6) is 5.75 Å². The average molecular weight is 269 g/mol. The summed E-state index contributed by atoms with van der Waals surface area (Å²) < 4.78 is 5.12. The summed E-state index contributed by atoms with van der Waals surface area (Å²) in [5, 5.41) is 12.7. The molecule has 4 heteroatoms. The third-order valence-electron chi connectivity index (χ3n) is 2.93. The highest BCUT2D eigenvalue weighted by atomic mass is 32.2. The molecule has 0 heterocycles. The fourth-order valence-corrected chi connectivity index (χ4v) is 2.83. The van der Waals surface area contributed by atoms with Gasteiger partial charge in [0.1, 0.15) is 5.75 Å². The van der Waals surface area contributed by atoms with Crippen LogP contribution in [0.15, 0.2) is 29.2 Å². The number of ether oxygens (including phenoxy) is 1. The van der Waals surface area contributed by atoms with Crippen molar-refractivity contribution in [1.82, 2.24) is 5.32 Å². The first kappa shape index (κ1) is 15.3. The van der Waals surface area contributed by atoms with E-state index in [1.54, 1.807) is 18.9 Å². The predicted molar refractivity (Wildman–Crippen MR) is 77.5 cm³/mol. The molecule has 102 valence electrons. The molecule has 1 rings (SSSR count). The van der Waals surface area contributed by atoms with E-state index in [2.05, 4.69) is 31.3 Å². The van der Waals surface area contributed by atoms with Gasteiger partial charge in [-0.2, -0.15) is 0 Å². The van der Waals surface area contributed by atoms with Crippen molar-refractivity contribution in [2.24, 2.45) is 0 Å². The Balaban J connectivity index is 2.40. The Kier molecular flexibility index (Phi) is 6.54. The summed E-state index contributed by atoms with van der Waals surface area (Å²) >= 11 is 1.80. The number of hydrogen-bond acceptors (Lipinski definition) is 4. The Hall–Kier alpha value is -0.710. The van der Waals surface area contributed by atoms with Crippen LogP contribution in [-0.2, 0) is 0 Å². The van der Waals surface area contributed by atoms with E-state index in [1.165, 1.54) is 4.90 Å². The molecular weight excluding hydrogens is 246 g/mol. The summed E-state index contributed by atoms with van der Waals surface area (Å²) in [6, 6.07) is 8.07. The Morgan fingerprint density at radius 3 is 2.50 bits per heavy atom. The Bertz CT molecular complexity index is 342. The van der Waals surface area contributed by atoms with Crippen LogP contribution in [-0.4, -0.2) is 36.7 Å². The average Bonchev–Trinajstić information content (AvgIpc) is 2.40. The molecule has 0 spiro atoms. The van der Waals surface area contributed by atoms with Crippen LogP contribution in [0.4, 0.5) is 0 Å². The minimum Gasteiger partial charge on any atom is -0.497 e. The first-order valence-electron chi connectivity index (χ1n) is 6.26. The zero-order valence-corrected chi connectivity index (χ0v) is 12.2. The van der Waals surface area contributed by atoms with Gasteiger partial charge in [0, 0.05) is 10.4 Å². The molecule has 0 aliphatic carbocycles. The number of thioether (sulfide) groups is 1. The quantitative estimate of drug-likeness (QED) is 0.712. The van der Waals surface area contributed by atoms with Gasteiger partial charge in [0.05, 0.1) is 13.7 Å². The second-order valence-electron chi connectivity index (χ2n) is 4.52. The fourth-order valence-electron chi connectivity index (χ4n) is 1.72. The highest BCUT2D eigenvalue weighted by molar-refractivity contribution is 7.99. The number of nitrogens with one attached hydrogen (secondary N) is 1. The molecule has 0 bridgehead atoms. The van der Waals surface area contributed by atoms with Gasteiger partial charge in [0.15, 0.2) is 0 Å². The summed E-state index contributed by atoms with van der Waals surface area (Å²) in [7, 11) is 1.67. The first-order valence-corrected chi connectivity index (χ1v) is 7.25. The van der Waals surface area contributed by atoms with E-state index < -0.39 is 0 Å². The summed E-state index contributed by atoms with van der Waals surface area (Å²) in [4.78, 5) is 1.23. The number of benzene rings is 1. The largest absolute Gasteiger partial charge is 0.497 e. The second-order valence-corrected chi connectivity index (χ2v) is 5.69. The van der Waals surface area contributed by atoms with E-state index in [0.29, 0.717) is 0 Å². The van der Waals surface area contributed by atoms with Crippen molar-refractivity contribution < 1.29 is 9.84 Å². The van der Waals surface area contributed by atoms with Crippen molar-refractivity contribution in [2.75, 3.05) is 26.0 Å². The zero-order valence-electron chi connectivity index (χ0n) is 11.4. The van der Waals surface area contributed by atoms with Crippen LogP contribution in [0.1, 0.15) is 20.3 Å². The van der Waals surface area contributed by atoms with E-state index in [-0.39, 0.29) is 12.1 Å². The van der Waals surface area contributed by atoms with E-state index in [9.17, 15) is 5.11 Å². The van der Waals surface area contributed by atoms with E-state index in [0.717, 1.165) is 24.5 Å². The number of likely N-dealkylation sites (N-methyl/N-ethyl adjacent to an activating group) is 1. The van der Waals surface area contributed by atoms with E-state index in [1.807, 2.05) is 12.1 Å². The smallest absolute Gasteiger partial charge is 0.118 e. The molecule has 0 radical (unpaired) electrons. The first-order chi connectivity index (χ1) is 8.63. The van der Waals surface area contributed by atoms with Gasteiger partial charge in [0.25, 0.3) is 0 Å². The standard InChI is InChI=1S/C14H23NO2S/c1-4-15-14(2,11-16)9-10-18-13-7-5-12(17-3)6-8-13/h5-8,15-16H,4,9-11H2,1-3H3. The lowest BCUT2D eigenvalue weighted by atomic mass is 10.0. The molecule has 3 nitrogen and oxygen atoms in total. The Morgan fingerprint density at radius 2 is 2.00 bits per heavy atom. The molecule has 0 aliphatic rings. The lowest BCUT2D eigenvalue weighted by molar-refractivity contribution is 0.173. The maximum absolute atomic E-state index is 9.39. The molecule has 1 atom stereocenters. The molecule has 1 aromatic rings. The molecule has 2 N–H and O–H groups in total. The minimum atomic E-state index is -0.172. The highest BCUT2D eigenvalue weighted by Gasteiger charge is 2.21. The van der Waals surface area contributed by atoms with Crippen LogP contribution < -0.4 is 10.1 Å². The Morgan fingerprint density at radius 1 is 1.33 bits per heavy atom. The van der Waals surface area contributed by atoms with E-state index in [4.69, 9.17) is 4.74 Å². The third-order valence-corrected chi connectivity index (χ3v) is 3.95. The van der Waals surface area contributed by atoms with Crippen LogP contribution in [0, 0.1) is 0 Å². The highest BCUT2D eigenvalue weighted by Crippen LogP contribution is 2.24. The summed E-state index contributed by atoms with van der Waals surface area (Å²) in [5.41, 5.74) is -0.172. The van der Waals surface area contributed by atoms with Gasteiger partial charge < -0.3 is 15.2 Å². The van der Waals surface area contributed by atoms with Gasteiger partial charge >= 0.3 is 0 Å². The molecule has 0 saturated carbocycles. The van der Waals surface area contributed by atoms with Crippen LogP contribution >= 0.6 is 11.8 Å². The maximum atomic E-state index is 9.39. The summed E-state index contributed by atoms with van der Waals surface area (Å²) in [6.45, 7) is 5.17. The number of rotatable bonds is 8. The van der Waals surface area contributed by atoms with Crippen LogP contribution in [0.2, 0.25) is 0 Å². The van der Waals surface area contributed by atoms with E-state index >= 15 is 0 Å². The third kappa shape index (κ3) is 4.88. The summed E-state index contributed by atoms with van der Waals surface area (Å²) in [6.07, 6.45) is 0.939. The molecule has 0 aromatic heterocycles. The molecular formula is C14H23NO2S. The van der Waals surface area contributed by atoms with Crippen molar-refractivity contribution in [3.63, 3.8) is 0 Å².